The number of sulfonamides is 1. The summed E-state index contributed by atoms with van der Waals surface area (Å²) in [5, 5.41) is 2.83. The maximum Gasteiger partial charge on any atom is 0.264 e. The van der Waals surface area contributed by atoms with Crippen LogP contribution in [0.1, 0.15) is 12.0 Å². The Bertz CT molecular complexity index is 1150. The molecule has 0 atom stereocenters. The number of hydrogen-bond donors (Lipinski definition) is 1. The van der Waals surface area contributed by atoms with Crippen molar-refractivity contribution in [1.82, 2.24) is 5.32 Å². The van der Waals surface area contributed by atoms with Gasteiger partial charge in [0.15, 0.2) is 11.5 Å². The van der Waals surface area contributed by atoms with Crippen LogP contribution in [0.4, 0.5) is 5.69 Å². The molecule has 33 heavy (non-hydrogen) atoms. The molecule has 0 bridgehead atoms. The molecule has 0 radical (unpaired) electrons. The Morgan fingerprint density at radius 1 is 0.879 bits per heavy atom. The van der Waals surface area contributed by atoms with Crippen LogP contribution in [-0.4, -0.2) is 41.6 Å². The van der Waals surface area contributed by atoms with Gasteiger partial charge in [-0.3, -0.25) is 9.10 Å². The summed E-state index contributed by atoms with van der Waals surface area (Å²) in [6.45, 7) is 0.0803. The molecule has 0 unspecified atom stereocenters. The van der Waals surface area contributed by atoms with E-state index in [1.54, 1.807) is 36.4 Å². The van der Waals surface area contributed by atoms with Gasteiger partial charge >= 0.3 is 0 Å². The number of rotatable bonds is 11. The maximum atomic E-state index is 13.4. The molecule has 8 heteroatoms. The van der Waals surface area contributed by atoms with Gasteiger partial charge in [0, 0.05) is 12.6 Å². The van der Waals surface area contributed by atoms with Crippen LogP contribution in [0.25, 0.3) is 0 Å². The number of ether oxygens (including phenoxy) is 2. The molecule has 0 fully saturated rings. The van der Waals surface area contributed by atoms with Gasteiger partial charge in [-0.1, -0.05) is 48.5 Å². The number of anilines is 1. The van der Waals surface area contributed by atoms with Crippen LogP contribution in [-0.2, 0) is 21.2 Å². The van der Waals surface area contributed by atoms with Crippen LogP contribution < -0.4 is 19.1 Å². The van der Waals surface area contributed by atoms with E-state index in [0.29, 0.717) is 23.7 Å². The number of nitrogens with zero attached hydrogens (tertiary/aromatic N) is 1. The van der Waals surface area contributed by atoms with Crippen molar-refractivity contribution >= 4 is 21.6 Å². The highest BCUT2D eigenvalue weighted by molar-refractivity contribution is 7.92. The highest BCUT2D eigenvalue weighted by Crippen LogP contribution is 2.33. The van der Waals surface area contributed by atoms with Crippen LogP contribution >= 0.6 is 0 Å². The van der Waals surface area contributed by atoms with Crippen molar-refractivity contribution in [3.8, 4) is 11.5 Å². The lowest BCUT2D eigenvalue weighted by molar-refractivity contribution is -0.119. The molecule has 0 saturated carbocycles. The summed E-state index contributed by atoms with van der Waals surface area (Å²) in [5.74, 6) is 0.438. The standard InChI is InChI=1S/C25H28N2O5S/c1-31-23-16-15-21(18-24(23)32-2)27(33(29,30)22-13-7-4-8-14-22)19-25(28)26-17-9-12-20-10-5-3-6-11-20/h3-8,10-11,13-16,18H,9,12,17,19H2,1-2H3,(H,26,28). The summed E-state index contributed by atoms with van der Waals surface area (Å²) in [4.78, 5) is 12.8. The van der Waals surface area contributed by atoms with Gasteiger partial charge in [-0.25, -0.2) is 8.42 Å². The number of aryl methyl sites for hydroxylation is 1. The summed E-state index contributed by atoms with van der Waals surface area (Å²) >= 11 is 0. The number of hydrogen-bond acceptors (Lipinski definition) is 5. The Morgan fingerprint density at radius 2 is 1.52 bits per heavy atom. The summed E-state index contributed by atoms with van der Waals surface area (Å²) in [7, 11) is -1.02. The summed E-state index contributed by atoms with van der Waals surface area (Å²) in [5.41, 5.74) is 1.49. The predicted molar refractivity (Wildman–Crippen MR) is 128 cm³/mol. The van der Waals surface area contributed by atoms with Crippen molar-refractivity contribution in [1.29, 1.82) is 0 Å². The molecule has 0 aliphatic carbocycles. The normalized spacial score (nSPS) is 11.0. The van der Waals surface area contributed by atoms with Gasteiger partial charge < -0.3 is 14.8 Å². The molecule has 0 saturated heterocycles. The minimum atomic E-state index is -3.99. The number of carbonyl (C=O) groups is 1. The van der Waals surface area contributed by atoms with Gasteiger partial charge in [-0.2, -0.15) is 0 Å². The van der Waals surface area contributed by atoms with Gasteiger partial charge in [0.05, 0.1) is 24.8 Å². The Kier molecular flexibility index (Phi) is 8.32. The zero-order valence-corrected chi connectivity index (χ0v) is 19.5. The lowest BCUT2D eigenvalue weighted by atomic mass is 10.1. The topological polar surface area (TPSA) is 84.9 Å². The molecule has 0 aliphatic heterocycles. The van der Waals surface area contributed by atoms with Crippen molar-refractivity contribution < 1.29 is 22.7 Å². The molecule has 0 aromatic heterocycles. The molecule has 3 aromatic rings. The average molecular weight is 469 g/mol. The Morgan fingerprint density at radius 3 is 2.15 bits per heavy atom. The molecule has 0 spiro atoms. The van der Waals surface area contributed by atoms with Gasteiger partial charge in [-0.15, -0.1) is 0 Å². The Balaban J connectivity index is 1.78. The third kappa shape index (κ3) is 6.26. The second-order valence-corrected chi connectivity index (χ2v) is 9.17. The molecule has 0 aliphatic rings. The van der Waals surface area contributed by atoms with E-state index in [0.717, 1.165) is 17.1 Å². The fourth-order valence-electron chi connectivity index (χ4n) is 3.37. The largest absolute Gasteiger partial charge is 0.493 e. The second kappa shape index (κ2) is 11.4. The Hall–Kier alpha value is -3.52. The molecule has 1 N–H and O–H groups in total. The smallest absolute Gasteiger partial charge is 0.264 e. The van der Waals surface area contributed by atoms with Crippen LogP contribution in [0.15, 0.2) is 83.8 Å². The third-order valence-electron chi connectivity index (χ3n) is 5.08. The van der Waals surface area contributed by atoms with Crippen LogP contribution in [0, 0.1) is 0 Å². The number of amides is 1. The monoisotopic (exact) mass is 468 g/mol. The van der Waals surface area contributed by atoms with E-state index in [1.165, 1.54) is 31.9 Å². The molecule has 3 rings (SSSR count). The van der Waals surface area contributed by atoms with Gasteiger partial charge in [0.2, 0.25) is 5.91 Å². The first-order valence-electron chi connectivity index (χ1n) is 10.6. The second-order valence-electron chi connectivity index (χ2n) is 7.30. The summed E-state index contributed by atoms with van der Waals surface area (Å²) < 4.78 is 38.5. The van der Waals surface area contributed by atoms with E-state index < -0.39 is 15.9 Å². The van der Waals surface area contributed by atoms with Crippen LogP contribution in [0.5, 0.6) is 11.5 Å². The van der Waals surface area contributed by atoms with E-state index in [2.05, 4.69) is 5.32 Å². The third-order valence-corrected chi connectivity index (χ3v) is 6.87. The molecular formula is C25H28N2O5S. The van der Waals surface area contributed by atoms with Gasteiger partial charge in [-0.05, 0) is 42.7 Å². The Labute approximate surface area is 195 Å². The first-order chi connectivity index (χ1) is 16.0. The van der Waals surface area contributed by atoms with E-state index in [4.69, 9.17) is 9.47 Å². The predicted octanol–water partition coefficient (Wildman–Crippen LogP) is 3.65. The molecule has 3 aromatic carbocycles. The zero-order valence-electron chi connectivity index (χ0n) is 18.7. The quantitative estimate of drug-likeness (QED) is 0.434. The summed E-state index contributed by atoms with van der Waals surface area (Å²) in [6, 6.07) is 22.7. The maximum absolute atomic E-state index is 13.4. The van der Waals surface area contributed by atoms with Crippen molar-refractivity contribution in [2.24, 2.45) is 0 Å². The lowest BCUT2D eigenvalue weighted by Crippen LogP contribution is -2.41. The SMILES string of the molecule is COc1ccc(N(CC(=O)NCCCc2ccccc2)S(=O)(=O)c2ccccc2)cc1OC. The van der Waals surface area contributed by atoms with Crippen molar-refractivity contribution in [3.05, 3.63) is 84.4 Å². The first-order valence-corrected chi connectivity index (χ1v) is 12.0. The summed E-state index contributed by atoms with van der Waals surface area (Å²) in [6.07, 6.45) is 1.57. The van der Waals surface area contributed by atoms with E-state index in [-0.39, 0.29) is 11.4 Å². The molecule has 174 valence electrons. The molecule has 0 heterocycles. The molecule has 7 nitrogen and oxygen atoms in total. The van der Waals surface area contributed by atoms with E-state index in [9.17, 15) is 13.2 Å². The van der Waals surface area contributed by atoms with Gasteiger partial charge in [0.25, 0.3) is 10.0 Å². The van der Waals surface area contributed by atoms with E-state index >= 15 is 0 Å². The van der Waals surface area contributed by atoms with Crippen LogP contribution in [0.3, 0.4) is 0 Å². The van der Waals surface area contributed by atoms with Crippen molar-refractivity contribution in [2.45, 2.75) is 17.7 Å². The zero-order chi connectivity index (χ0) is 23.7. The average Bonchev–Trinajstić information content (AvgIpc) is 2.86. The highest BCUT2D eigenvalue weighted by Gasteiger charge is 2.27. The number of nitrogens with one attached hydrogen (secondary N) is 1. The fraction of sp³-hybridized carbons (Fsp3) is 0.240. The fourth-order valence-corrected chi connectivity index (χ4v) is 4.80. The minimum absolute atomic E-state index is 0.0941. The van der Waals surface area contributed by atoms with Crippen molar-refractivity contribution in [2.75, 3.05) is 31.6 Å². The number of carbonyl (C=O) groups excluding carboxylic acids is 1. The number of methoxy groups -OCH3 is 2. The first kappa shape index (κ1) is 24.1. The minimum Gasteiger partial charge on any atom is -0.493 e. The van der Waals surface area contributed by atoms with Gasteiger partial charge in [0.1, 0.15) is 6.54 Å². The number of benzene rings is 3. The highest BCUT2D eigenvalue weighted by atomic mass is 32.2. The molecule has 1 amide bonds. The van der Waals surface area contributed by atoms with Crippen LogP contribution in [0.2, 0.25) is 0 Å². The van der Waals surface area contributed by atoms with E-state index in [1.807, 2.05) is 30.3 Å². The lowest BCUT2D eigenvalue weighted by Gasteiger charge is -2.25. The van der Waals surface area contributed by atoms with Crippen molar-refractivity contribution in [3.63, 3.8) is 0 Å². The molecular weight excluding hydrogens is 440 g/mol.